The lowest BCUT2D eigenvalue weighted by Crippen LogP contribution is -2.21. The van der Waals surface area contributed by atoms with Crippen LogP contribution in [0, 0.1) is 0 Å². The molecule has 1 aliphatic heterocycles. The maximum Gasteiger partial charge on any atom is 0.232 e. The average Bonchev–Trinajstić information content (AvgIpc) is 3.19. The summed E-state index contributed by atoms with van der Waals surface area (Å²) in [4.78, 5) is 9.03. The molecule has 25 heavy (non-hydrogen) atoms. The van der Waals surface area contributed by atoms with Crippen molar-refractivity contribution in [3.05, 3.63) is 54.0 Å². The van der Waals surface area contributed by atoms with Crippen LogP contribution in [-0.2, 0) is 6.42 Å². The minimum absolute atomic E-state index is 0. The predicted molar refractivity (Wildman–Crippen MR) is 95.5 cm³/mol. The highest BCUT2D eigenvalue weighted by Gasteiger charge is 2.20. The summed E-state index contributed by atoms with van der Waals surface area (Å²) in [5, 5.41) is 7.62. The summed E-state index contributed by atoms with van der Waals surface area (Å²) in [6, 6.07) is 10.0. The highest BCUT2D eigenvalue weighted by Crippen LogP contribution is 2.22. The zero-order valence-electron chi connectivity index (χ0n) is 13.9. The molecular formula is C18H21ClN4O2. The van der Waals surface area contributed by atoms with Gasteiger partial charge in [0.25, 0.3) is 0 Å². The Kier molecular flexibility index (Phi) is 5.83. The molecule has 132 valence electrons. The van der Waals surface area contributed by atoms with Crippen LogP contribution in [0.15, 0.2) is 45.5 Å². The Morgan fingerprint density at radius 2 is 1.96 bits per heavy atom. The van der Waals surface area contributed by atoms with Gasteiger partial charge in [-0.1, -0.05) is 36.2 Å². The highest BCUT2D eigenvalue weighted by atomic mass is 35.5. The lowest BCUT2D eigenvalue weighted by Gasteiger charge is -2.09. The van der Waals surface area contributed by atoms with Crippen LogP contribution >= 0.6 is 12.4 Å². The molecule has 4 rings (SSSR count). The summed E-state index contributed by atoms with van der Waals surface area (Å²) in [7, 11) is 0. The average molecular weight is 361 g/mol. The van der Waals surface area contributed by atoms with Crippen molar-refractivity contribution >= 4 is 12.4 Å². The maximum atomic E-state index is 5.55. The number of benzene rings is 1. The van der Waals surface area contributed by atoms with E-state index in [0.717, 1.165) is 30.0 Å². The van der Waals surface area contributed by atoms with E-state index in [0.29, 0.717) is 18.2 Å². The molecule has 3 aromatic rings. The van der Waals surface area contributed by atoms with E-state index in [1.54, 1.807) is 6.26 Å². The molecule has 7 heteroatoms. The lowest BCUT2D eigenvalue weighted by atomic mass is 10.1. The molecule has 3 heterocycles. The minimum Gasteiger partial charge on any atom is -0.444 e. The summed E-state index contributed by atoms with van der Waals surface area (Å²) < 4.78 is 10.9. The summed E-state index contributed by atoms with van der Waals surface area (Å²) in [5.74, 6) is 1.93. The van der Waals surface area contributed by atoms with Crippen LogP contribution in [0.25, 0.3) is 11.5 Å². The standard InChI is InChI=1S/C18H20N4O2.ClH/c1-3-7-13(8-4-1)18-20-14(12-23-18)11-16-21-17(22-24-16)15-9-5-2-6-10-19-15;/h1,3-4,7-8,12,15,19H,2,5-6,9-11H2;1H. The van der Waals surface area contributed by atoms with Gasteiger partial charge in [-0.05, 0) is 31.5 Å². The second-order valence-corrected chi connectivity index (χ2v) is 6.09. The Hall–Kier alpha value is -2.18. The topological polar surface area (TPSA) is 77.0 Å². The van der Waals surface area contributed by atoms with Gasteiger partial charge in [-0.25, -0.2) is 4.98 Å². The van der Waals surface area contributed by atoms with Crippen LogP contribution in [0.1, 0.15) is 49.1 Å². The minimum atomic E-state index is 0. The first kappa shape index (κ1) is 17.6. The van der Waals surface area contributed by atoms with Crippen LogP contribution in [0.3, 0.4) is 0 Å². The zero-order valence-corrected chi connectivity index (χ0v) is 14.7. The molecule has 1 aliphatic rings. The molecule has 0 bridgehead atoms. The van der Waals surface area contributed by atoms with Crippen molar-refractivity contribution in [1.29, 1.82) is 0 Å². The quantitative estimate of drug-likeness (QED) is 0.759. The van der Waals surface area contributed by atoms with Crippen LogP contribution in [0.4, 0.5) is 0 Å². The number of halogens is 1. The van der Waals surface area contributed by atoms with E-state index in [1.165, 1.54) is 19.3 Å². The van der Waals surface area contributed by atoms with E-state index in [4.69, 9.17) is 8.94 Å². The highest BCUT2D eigenvalue weighted by molar-refractivity contribution is 5.85. The molecule has 0 aliphatic carbocycles. The van der Waals surface area contributed by atoms with E-state index < -0.39 is 0 Å². The van der Waals surface area contributed by atoms with Gasteiger partial charge < -0.3 is 14.3 Å². The van der Waals surface area contributed by atoms with Gasteiger partial charge in [0, 0.05) is 5.56 Å². The third-order valence-corrected chi connectivity index (χ3v) is 4.26. The number of nitrogens with zero attached hydrogens (tertiary/aromatic N) is 3. The third kappa shape index (κ3) is 4.27. The molecule has 1 N–H and O–H groups in total. The largest absolute Gasteiger partial charge is 0.444 e. The fourth-order valence-corrected chi connectivity index (χ4v) is 2.99. The van der Waals surface area contributed by atoms with Crippen molar-refractivity contribution in [1.82, 2.24) is 20.4 Å². The van der Waals surface area contributed by atoms with E-state index in [2.05, 4.69) is 20.4 Å². The van der Waals surface area contributed by atoms with Gasteiger partial charge in [-0.15, -0.1) is 12.4 Å². The summed E-state index contributed by atoms with van der Waals surface area (Å²) in [5.41, 5.74) is 1.75. The van der Waals surface area contributed by atoms with E-state index in [-0.39, 0.29) is 18.4 Å². The van der Waals surface area contributed by atoms with Gasteiger partial charge in [0.2, 0.25) is 11.8 Å². The molecule has 0 saturated carbocycles. The molecule has 1 atom stereocenters. The molecule has 0 spiro atoms. The first-order chi connectivity index (χ1) is 11.9. The molecule has 1 aromatic carbocycles. The van der Waals surface area contributed by atoms with Crippen LogP contribution in [0.5, 0.6) is 0 Å². The third-order valence-electron chi connectivity index (χ3n) is 4.26. The number of oxazole rings is 1. The summed E-state index contributed by atoms with van der Waals surface area (Å²) in [6.07, 6.45) is 6.86. The fraction of sp³-hybridized carbons (Fsp3) is 0.389. The van der Waals surface area contributed by atoms with E-state index in [1.807, 2.05) is 30.3 Å². The second kappa shape index (κ2) is 8.27. The zero-order chi connectivity index (χ0) is 16.2. The second-order valence-electron chi connectivity index (χ2n) is 6.09. The van der Waals surface area contributed by atoms with Crippen LogP contribution in [0.2, 0.25) is 0 Å². The lowest BCUT2D eigenvalue weighted by molar-refractivity contribution is 0.368. The molecular weight excluding hydrogens is 340 g/mol. The first-order valence-electron chi connectivity index (χ1n) is 8.44. The molecule has 1 fully saturated rings. The first-order valence-corrected chi connectivity index (χ1v) is 8.44. The predicted octanol–water partition coefficient (Wildman–Crippen LogP) is 3.94. The Bertz CT molecular complexity index is 779. The number of hydrogen-bond acceptors (Lipinski definition) is 6. The molecule has 6 nitrogen and oxygen atoms in total. The fourth-order valence-electron chi connectivity index (χ4n) is 2.99. The van der Waals surface area contributed by atoms with Gasteiger partial charge in [-0.2, -0.15) is 4.98 Å². The molecule has 1 saturated heterocycles. The Morgan fingerprint density at radius 3 is 2.84 bits per heavy atom. The Labute approximate surface area is 152 Å². The monoisotopic (exact) mass is 360 g/mol. The van der Waals surface area contributed by atoms with Crippen molar-refractivity contribution in [3.63, 3.8) is 0 Å². The van der Waals surface area contributed by atoms with Gasteiger partial charge >= 0.3 is 0 Å². The summed E-state index contributed by atoms with van der Waals surface area (Å²) >= 11 is 0. The van der Waals surface area contributed by atoms with Gasteiger partial charge in [0.1, 0.15) is 6.26 Å². The number of hydrogen-bond donors (Lipinski definition) is 1. The Balaban J connectivity index is 0.00000182. The molecule has 1 unspecified atom stereocenters. The normalized spacial score (nSPS) is 17.7. The van der Waals surface area contributed by atoms with E-state index >= 15 is 0 Å². The van der Waals surface area contributed by atoms with E-state index in [9.17, 15) is 0 Å². The van der Waals surface area contributed by atoms with Gasteiger partial charge in [-0.3, -0.25) is 0 Å². The van der Waals surface area contributed by atoms with Crippen LogP contribution < -0.4 is 5.32 Å². The van der Waals surface area contributed by atoms with Crippen molar-refractivity contribution in [2.75, 3.05) is 6.54 Å². The molecule has 2 aromatic heterocycles. The van der Waals surface area contributed by atoms with Crippen molar-refractivity contribution < 1.29 is 8.94 Å². The number of rotatable bonds is 4. The van der Waals surface area contributed by atoms with Crippen molar-refractivity contribution in [2.45, 2.75) is 38.1 Å². The molecule has 0 radical (unpaired) electrons. The summed E-state index contributed by atoms with van der Waals surface area (Å²) in [6.45, 7) is 1.01. The SMILES string of the molecule is Cl.c1ccc(-c2nc(Cc3nc(C4CCCCCN4)no3)co2)cc1. The molecule has 0 amide bonds. The number of nitrogens with one attached hydrogen (secondary N) is 1. The van der Waals surface area contributed by atoms with Crippen molar-refractivity contribution in [3.8, 4) is 11.5 Å². The Morgan fingerprint density at radius 1 is 1.08 bits per heavy atom. The van der Waals surface area contributed by atoms with Gasteiger partial charge in [0.15, 0.2) is 5.82 Å². The number of aromatic nitrogens is 3. The van der Waals surface area contributed by atoms with Crippen molar-refractivity contribution in [2.24, 2.45) is 0 Å². The van der Waals surface area contributed by atoms with Crippen LogP contribution in [-0.4, -0.2) is 21.7 Å². The maximum absolute atomic E-state index is 5.55. The van der Waals surface area contributed by atoms with Gasteiger partial charge in [0.05, 0.1) is 18.2 Å². The smallest absolute Gasteiger partial charge is 0.232 e.